The fourth-order valence-corrected chi connectivity index (χ4v) is 6.53. The number of H-pyrrole nitrogens is 1. The number of nitrogens with one attached hydrogen (secondary N) is 1. The van der Waals surface area contributed by atoms with Crippen LogP contribution in [0.25, 0.3) is 21.9 Å². The highest BCUT2D eigenvalue weighted by Gasteiger charge is 2.48. The second-order valence-corrected chi connectivity index (χ2v) is 9.80. The van der Waals surface area contributed by atoms with Crippen molar-refractivity contribution in [3.8, 4) is 0 Å². The summed E-state index contributed by atoms with van der Waals surface area (Å²) in [6, 6.07) is 7.34. The molecule has 5 unspecified atom stereocenters. The highest BCUT2D eigenvalue weighted by atomic mass is 19.2. The third kappa shape index (κ3) is 3.31. The maximum Gasteiger partial charge on any atom is 0.184 e. The van der Waals surface area contributed by atoms with Gasteiger partial charge >= 0.3 is 0 Å². The monoisotopic (exact) mass is 453 g/mol. The van der Waals surface area contributed by atoms with Crippen LogP contribution in [0.15, 0.2) is 36.5 Å². The molecule has 3 nitrogen and oxygen atoms in total. The summed E-state index contributed by atoms with van der Waals surface area (Å²) in [6.45, 7) is 2.15. The topological polar surface area (TPSA) is 41.6 Å². The van der Waals surface area contributed by atoms with Crippen LogP contribution in [0.3, 0.4) is 0 Å². The minimum Gasteiger partial charge on any atom is -0.339 e. The van der Waals surface area contributed by atoms with Gasteiger partial charge in [0.05, 0.1) is 5.52 Å². The Morgan fingerprint density at radius 3 is 2.64 bits per heavy atom. The van der Waals surface area contributed by atoms with Crippen LogP contribution in [0, 0.1) is 46.9 Å². The molecule has 5 atom stereocenters. The average Bonchev–Trinajstić information content (AvgIpc) is 3.51. The van der Waals surface area contributed by atoms with Crippen molar-refractivity contribution in [3.05, 3.63) is 71.2 Å². The van der Waals surface area contributed by atoms with Gasteiger partial charge in [0.1, 0.15) is 22.7 Å². The summed E-state index contributed by atoms with van der Waals surface area (Å²) in [5.74, 6) is -0.725. The van der Waals surface area contributed by atoms with Gasteiger partial charge in [-0.3, -0.25) is 4.98 Å². The summed E-state index contributed by atoms with van der Waals surface area (Å²) in [4.78, 5) is 11.4. The zero-order valence-electron chi connectivity index (χ0n) is 18.1. The first kappa shape index (κ1) is 20.6. The van der Waals surface area contributed by atoms with Gasteiger partial charge in [0, 0.05) is 24.1 Å². The molecule has 0 amide bonds. The van der Waals surface area contributed by atoms with Crippen molar-refractivity contribution in [2.75, 3.05) is 0 Å². The van der Waals surface area contributed by atoms with Gasteiger partial charge in [-0.2, -0.15) is 0 Å². The molecule has 170 valence electrons. The van der Waals surface area contributed by atoms with E-state index in [0.29, 0.717) is 42.0 Å². The van der Waals surface area contributed by atoms with Crippen molar-refractivity contribution < 1.29 is 17.6 Å². The molecular formula is C26H23F4N3. The number of halogens is 4. The number of imidazole rings is 1. The van der Waals surface area contributed by atoms with Crippen LogP contribution in [-0.4, -0.2) is 15.0 Å². The quantitative estimate of drug-likeness (QED) is 0.277. The summed E-state index contributed by atoms with van der Waals surface area (Å²) in [6.07, 6.45) is 5.60. The van der Waals surface area contributed by atoms with Gasteiger partial charge in [-0.05, 0) is 78.7 Å². The van der Waals surface area contributed by atoms with E-state index in [0.717, 1.165) is 30.2 Å². The Morgan fingerprint density at radius 2 is 1.85 bits per heavy atom. The number of pyridine rings is 1. The molecule has 6 rings (SSSR count). The summed E-state index contributed by atoms with van der Waals surface area (Å²) in [7, 11) is 0. The van der Waals surface area contributed by atoms with Gasteiger partial charge in [-0.1, -0.05) is 6.92 Å². The second-order valence-electron chi connectivity index (χ2n) is 9.80. The van der Waals surface area contributed by atoms with Gasteiger partial charge in [-0.25, -0.2) is 22.5 Å². The van der Waals surface area contributed by atoms with Crippen LogP contribution in [-0.2, 0) is 6.42 Å². The minimum absolute atomic E-state index is 0.152. The predicted octanol–water partition coefficient (Wildman–Crippen LogP) is 6.68. The van der Waals surface area contributed by atoms with Gasteiger partial charge in [-0.15, -0.1) is 0 Å². The van der Waals surface area contributed by atoms with Crippen molar-refractivity contribution in [1.82, 2.24) is 15.0 Å². The van der Waals surface area contributed by atoms with E-state index in [1.54, 1.807) is 12.1 Å². The van der Waals surface area contributed by atoms with E-state index in [-0.39, 0.29) is 22.8 Å². The molecule has 0 saturated heterocycles. The Balaban J connectivity index is 1.21. The zero-order chi connectivity index (χ0) is 22.9. The maximum absolute atomic E-state index is 14.1. The van der Waals surface area contributed by atoms with Crippen molar-refractivity contribution in [3.63, 3.8) is 0 Å². The van der Waals surface area contributed by atoms with Crippen LogP contribution in [0.5, 0.6) is 0 Å². The lowest BCUT2D eigenvalue weighted by molar-refractivity contribution is 0.224. The van der Waals surface area contributed by atoms with Gasteiger partial charge in [0.25, 0.3) is 0 Å². The minimum atomic E-state index is -1.22. The smallest absolute Gasteiger partial charge is 0.184 e. The SMILES string of the molecule is CC(Cc1nc2c(F)cc(F)c(F)c2[nH]1)C1CC2CC1CC2c1ccnc2ccc(F)cc12. The van der Waals surface area contributed by atoms with Crippen LogP contribution < -0.4 is 0 Å². The highest BCUT2D eigenvalue weighted by Crippen LogP contribution is 2.58. The zero-order valence-corrected chi connectivity index (χ0v) is 18.1. The first-order valence-corrected chi connectivity index (χ1v) is 11.4. The third-order valence-electron chi connectivity index (χ3n) is 7.96. The van der Waals surface area contributed by atoms with E-state index >= 15 is 0 Å². The van der Waals surface area contributed by atoms with E-state index in [1.807, 2.05) is 12.3 Å². The molecule has 2 bridgehead atoms. The Morgan fingerprint density at radius 1 is 1.00 bits per heavy atom. The van der Waals surface area contributed by atoms with Gasteiger partial charge in [0.15, 0.2) is 17.5 Å². The lowest BCUT2D eigenvalue weighted by Gasteiger charge is -2.32. The molecule has 2 aliphatic carbocycles. The molecule has 7 heteroatoms. The molecule has 2 aromatic carbocycles. The van der Waals surface area contributed by atoms with Crippen molar-refractivity contribution in [2.24, 2.45) is 23.7 Å². The third-order valence-corrected chi connectivity index (χ3v) is 7.96. The number of fused-ring (bicyclic) bond motifs is 4. The lowest BCUT2D eigenvalue weighted by Crippen LogP contribution is -2.24. The summed E-state index contributed by atoms with van der Waals surface area (Å²) in [5, 5.41) is 0.901. The fraction of sp³-hybridized carbons (Fsp3) is 0.385. The molecular weight excluding hydrogens is 430 g/mol. The predicted molar refractivity (Wildman–Crippen MR) is 118 cm³/mol. The molecule has 2 aliphatic rings. The molecule has 0 radical (unpaired) electrons. The molecule has 2 aromatic heterocycles. The van der Waals surface area contributed by atoms with E-state index in [1.165, 1.54) is 11.6 Å². The average molecular weight is 453 g/mol. The molecule has 1 N–H and O–H groups in total. The number of rotatable bonds is 4. The van der Waals surface area contributed by atoms with E-state index in [4.69, 9.17) is 0 Å². The Bertz CT molecular complexity index is 1380. The molecule has 33 heavy (non-hydrogen) atoms. The van der Waals surface area contributed by atoms with Crippen molar-refractivity contribution in [1.29, 1.82) is 0 Å². The molecule has 2 saturated carbocycles. The van der Waals surface area contributed by atoms with E-state index < -0.39 is 17.5 Å². The first-order chi connectivity index (χ1) is 15.9. The Kier molecular flexibility index (Phi) is 4.71. The normalized spacial score (nSPS) is 25.4. The van der Waals surface area contributed by atoms with E-state index in [9.17, 15) is 17.6 Å². The maximum atomic E-state index is 14.1. The lowest BCUT2D eigenvalue weighted by atomic mass is 9.73. The number of aromatic nitrogens is 3. The molecule has 2 fully saturated rings. The van der Waals surface area contributed by atoms with Crippen molar-refractivity contribution in [2.45, 2.75) is 38.5 Å². The van der Waals surface area contributed by atoms with Gasteiger partial charge in [0.2, 0.25) is 0 Å². The Labute approximate surface area is 188 Å². The summed E-state index contributed by atoms with van der Waals surface area (Å²) in [5.41, 5.74) is 1.64. The van der Waals surface area contributed by atoms with Gasteiger partial charge < -0.3 is 4.98 Å². The summed E-state index contributed by atoms with van der Waals surface area (Å²) >= 11 is 0. The molecule has 0 spiro atoms. The highest BCUT2D eigenvalue weighted by molar-refractivity contribution is 5.82. The second kappa shape index (κ2) is 7.54. The molecule has 0 aliphatic heterocycles. The van der Waals surface area contributed by atoms with E-state index in [2.05, 4.69) is 21.9 Å². The number of nitrogens with zero attached hydrogens (tertiary/aromatic N) is 2. The van der Waals surface area contributed by atoms with Crippen LogP contribution in [0.1, 0.15) is 43.5 Å². The summed E-state index contributed by atoms with van der Waals surface area (Å²) < 4.78 is 55.5. The number of hydrogen-bond donors (Lipinski definition) is 1. The standard InChI is InChI=1S/C26H23F4N3/c1-12(6-23-32-25-21(29)11-20(28)24(30)26(25)33-23)17-8-14-7-13(17)9-18(14)16-4-5-31-22-3-2-15(27)10-19(16)22/h2-5,10-14,17-18H,6-9H2,1H3,(H,32,33). The first-order valence-electron chi connectivity index (χ1n) is 11.4. The largest absolute Gasteiger partial charge is 0.339 e. The number of aromatic amines is 1. The number of benzene rings is 2. The van der Waals surface area contributed by atoms with Crippen LogP contribution in [0.2, 0.25) is 0 Å². The molecule has 2 heterocycles. The fourth-order valence-electron chi connectivity index (χ4n) is 6.53. The molecule has 4 aromatic rings. The van der Waals surface area contributed by atoms with Crippen LogP contribution in [0.4, 0.5) is 17.6 Å². The number of hydrogen-bond acceptors (Lipinski definition) is 2. The van der Waals surface area contributed by atoms with Crippen molar-refractivity contribution >= 4 is 21.9 Å². The Hall–Kier alpha value is -2.96. The van der Waals surface area contributed by atoms with Crippen LogP contribution >= 0.6 is 0 Å².